The average molecular weight is 365 g/mol. The van der Waals surface area contributed by atoms with Crippen molar-refractivity contribution in [2.24, 2.45) is 0 Å². The number of nitrogens with zero attached hydrogens (tertiary/aromatic N) is 2. The zero-order valence-electron chi connectivity index (χ0n) is 12.4. The first-order chi connectivity index (χ1) is 10.6. The molecule has 1 heterocycles. The highest BCUT2D eigenvalue weighted by Crippen LogP contribution is 2.22. The average Bonchev–Trinajstić information content (AvgIpc) is 2.50. The van der Waals surface area contributed by atoms with Crippen molar-refractivity contribution < 1.29 is 9.53 Å². The van der Waals surface area contributed by atoms with E-state index >= 15 is 0 Å². The van der Waals surface area contributed by atoms with E-state index in [1.165, 1.54) is 6.33 Å². The molecule has 0 spiro atoms. The molecule has 0 bridgehead atoms. The van der Waals surface area contributed by atoms with Gasteiger partial charge in [-0.3, -0.25) is 4.79 Å². The first kappa shape index (κ1) is 16.4. The molecule has 6 nitrogen and oxygen atoms in total. The molecule has 0 aliphatic carbocycles. The van der Waals surface area contributed by atoms with Crippen molar-refractivity contribution in [3.63, 3.8) is 0 Å². The molecule has 0 aliphatic heterocycles. The fourth-order valence-electron chi connectivity index (χ4n) is 1.81. The van der Waals surface area contributed by atoms with Crippen LogP contribution in [0, 0.1) is 6.92 Å². The molecule has 0 fully saturated rings. The minimum atomic E-state index is -0.255. The van der Waals surface area contributed by atoms with Gasteiger partial charge in [0, 0.05) is 29.9 Å². The Kier molecular flexibility index (Phi) is 5.85. The smallest absolute Gasteiger partial charge is 0.270 e. The Morgan fingerprint density at radius 3 is 2.86 bits per heavy atom. The molecular formula is C15H17BrN4O2. The largest absolute Gasteiger partial charge is 0.383 e. The lowest BCUT2D eigenvalue weighted by molar-refractivity contribution is 0.0932. The van der Waals surface area contributed by atoms with Crippen LogP contribution in [0.2, 0.25) is 0 Å². The van der Waals surface area contributed by atoms with Gasteiger partial charge >= 0.3 is 0 Å². The third-order valence-electron chi connectivity index (χ3n) is 2.94. The zero-order valence-corrected chi connectivity index (χ0v) is 14.0. The molecule has 0 unspecified atom stereocenters. The van der Waals surface area contributed by atoms with Crippen LogP contribution in [-0.2, 0) is 4.74 Å². The van der Waals surface area contributed by atoms with Gasteiger partial charge in [-0.2, -0.15) is 0 Å². The molecule has 7 heteroatoms. The van der Waals surface area contributed by atoms with Crippen LogP contribution in [0.1, 0.15) is 16.1 Å². The maximum atomic E-state index is 11.9. The molecule has 2 aromatic rings. The first-order valence-electron chi connectivity index (χ1n) is 6.72. The molecule has 2 N–H and O–H groups in total. The second-order valence-electron chi connectivity index (χ2n) is 4.62. The lowest BCUT2D eigenvalue weighted by Gasteiger charge is -2.10. The highest BCUT2D eigenvalue weighted by Gasteiger charge is 2.09. The van der Waals surface area contributed by atoms with Gasteiger partial charge in [-0.15, -0.1) is 0 Å². The standard InChI is InChI=1S/C15H17BrN4O2/c1-10-7-11(16)3-4-12(10)20-14-8-13(18-9-19-14)15(21)17-5-6-22-2/h3-4,7-9H,5-6H2,1-2H3,(H,17,21)(H,18,19,20). The number of rotatable bonds is 6. The number of hydrogen-bond donors (Lipinski definition) is 2. The van der Waals surface area contributed by atoms with Crippen molar-refractivity contribution >= 4 is 33.3 Å². The summed E-state index contributed by atoms with van der Waals surface area (Å²) in [5.41, 5.74) is 2.30. The van der Waals surface area contributed by atoms with Crippen LogP contribution in [-0.4, -0.2) is 36.1 Å². The number of aromatic nitrogens is 2. The van der Waals surface area contributed by atoms with Gasteiger partial charge in [-0.1, -0.05) is 15.9 Å². The third-order valence-corrected chi connectivity index (χ3v) is 3.44. The van der Waals surface area contributed by atoms with Crippen LogP contribution in [0.3, 0.4) is 0 Å². The topological polar surface area (TPSA) is 76.1 Å². The van der Waals surface area contributed by atoms with Gasteiger partial charge in [0.05, 0.1) is 6.61 Å². The fraction of sp³-hybridized carbons (Fsp3) is 0.267. The van der Waals surface area contributed by atoms with Gasteiger partial charge in [-0.05, 0) is 30.7 Å². The number of aryl methyl sites for hydroxylation is 1. The molecule has 0 saturated heterocycles. The predicted molar refractivity (Wildman–Crippen MR) is 88.4 cm³/mol. The summed E-state index contributed by atoms with van der Waals surface area (Å²) >= 11 is 3.43. The lowest BCUT2D eigenvalue weighted by Crippen LogP contribution is -2.27. The number of ether oxygens (including phenoxy) is 1. The summed E-state index contributed by atoms with van der Waals surface area (Å²) in [5, 5.41) is 5.91. The number of carbonyl (C=O) groups excluding carboxylic acids is 1. The number of hydrogen-bond acceptors (Lipinski definition) is 5. The highest BCUT2D eigenvalue weighted by molar-refractivity contribution is 9.10. The fourth-order valence-corrected chi connectivity index (χ4v) is 2.29. The summed E-state index contributed by atoms with van der Waals surface area (Å²) in [6, 6.07) is 7.50. The summed E-state index contributed by atoms with van der Waals surface area (Å²) in [6.07, 6.45) is 1.36. The number of anilines is 2. The van der Waals surface area contributed by atoms with Crippen LogP contribution in [0.4, 0.5) is 11.5 Å². The van der Waals surface area contributed by atoms with Crippen LogP contribution in [0.25, 0.3) is 0 Å². The minimum absolute atomic E-state index is 0.255. The Morgan fingerprint density at radius 2 is 2.14 bits per heavy atom. The monoisotopic (exact) mass is 364 g/mol. The van der Waals surface area contributed by atoms with Crippen molar-refractivity contribution in [3.8, 4) is 0 Å². The number of amides is 1. The van der Waals surface area contributed by atoms with Crippen LogP contribution in [0.5, 0.6) is 0 Å². The SMILES string of the molecule is COCCNC(=O)c1cc(Nc2ccc(Br)cc2C)ncn1. The summed E-state index contributed by atoms with van der Waals surface area (Å²) in [7, 11) is 1.58. The Bertz CT molecular complexity index is 664. The molecule has 0 saturated carbocycles. The highest BCUT2D eigenvalue weighted by atomic mass is 79.9. The summed E-state index contributed by atoms with van der Waals surface area (Å²) in [5.74, 6) is 0.312. The molecule has 1 aromatic carbocycles. The quantitative estimate of drug-likeness (QED) is 0.770. The lowest BCUT2D eigenvalue weighted by atomic mass is 10.2. The van der Waals surface area contributed by atoms with E-state index in [4.69, 9.17) is 4.74 Å². The molecular weight excluding hydrogens is 348 g/mol. The summed E-state index contributed by atoms with van der Waals surface area (Å²) < 4.78 is 5.90. The summed E-state index contributed by atoms with van der Waals surface area (Å²) in [6.45, 7) is 2.89. The number of benzene rings is 1. The van der Waals surface area contributed by atoms with E-state index in [0.29, 0.717) is 24.7 Å². The molecule has 116 valence electrons. The first-order valence-corrected chi connectivity index (χ1v) is 7.52. The molecule has 1 aromatic heterocycles. The molecule has 2 rings (SSSR count). The van der Waals surface area contributed by atoms with Crippen LogP contribution in [0.15, 0.2) is 35.1 Å². The molecule has 22 heavy (non-hydrogen) atoms. The molecule has 0 aliphatic rings. The predicted octanol–water partition coefficient (Wildman–Crippen LogP) is 2.67. The van der Waals surface area contributed by atoms with E-state index < -0.39 is 0 Å². The van der Waals surface area contributed by atoms with E-state index in [9.17, 15) is 4.79 Å². The van der Waals surface area contributed by atoms with E-state index in [-0.39, 0.29) is 5.91 Å². The van der Waals surface area contributed by atoms with Crippen LogP contribution < -0.4 is 10.6 Å². The van der Waals surface area contributed by atoms with Crippen molar-refractivity contribution in [1.29, 1.82) is 0 Å². The molecule has 1 amide bonds. The second kappa shape index (κ2) is 7.86. The van der Waals surface area contributed by atoms with E-state index in [1.54, 1.807) is 13.2 Å². The number of nitrogens with one attached hydrogen (secondary N) is 2. The number of methoxy groups -OCH3 is 1. The maximum absolute atomic E-state index is 11.9. The Morgan fingerprint density at radius 1 is 1.32 bits per heavy atom. The third kappa shape index (κ3) is 4.51. The molecule has 0 atom stereocenters. The van der Waals surface area contributed by atoms with Crippen LogP contribution >= 0.6 is 15.9 Å². The Hall–Kier alpha value is -1.99. The zero-order chi connectivity index (χ0) is 15.9. The van der Waals surface area contributed by atoms with Gasteiger partial charge in [0.15, 0.2) is 0 Å². The minimum Gasteiger partial charge on any atom is -0.383 e. The van der Waals surface area contributed by atoms with Gasteiger partial charge in [0.2, 0.25) is 0 Å². The van der Waals surface area contributed by atoms with Gasteiger partial charge < -0.3 is 15.4 Å². The summed E-state index contributed by atoms with van der Waals surface area (Å²) in [4.78, 5) is 20.1. The number of halogens is 1. The van der Waals surface area contributed by atoms with Gasteiger partial charge in [0.25, 0.3) is 5.91 Å². The Balaban J connectivity index is 2.09. The van der Waals surface area contributed by atoms with Crippen molar-refractivity contribution in [3.05, 3.63) is 46.3 Å². The van der Waals surface area contributed by atoms with Crippen molar-refractivity contribution in [2.75, 3.05) is 25.6 Å². The van der Waals surface area contributed by atoms with E-state index in [0.717, 1.165) is 15.7 Å². The van der Waals surface area contributed by atoms with E-state index in [1.807, 2.05) is 25.1 Å². The normalized spacial score (nSPS) is 10.3. The van der Waals surface area contributed by atoms with E-state index in [2.05, 4.69) is 36.5 Å². The molecule has 0 radical (unpaired) electrons. The number of carbonyl (C=O) groups is 1. The second-order valence-corrected chi connectivity index (χ2v) is 5.54. The Labute approximate surface area is 137 Å². The maximum Gasteiger partial charge on any atom is 0.270 e. The van der Waals surface area contributed by atoms with Crippen molar-refractivity contribution in [1.82, 2.24) is 15.3 Å². The van der Waals surface area contributed by atoms with Gasteiger partial charge in [0.1, 0.15) is 17.8 Å². The van der Waals surface area contributed by atoms with Crippen molar-refractivity contribution in [2.45, 2.75) is 6.92 Å². The van der Waals surface area contributed by atoms with Gasteiger partial charge in [-0.25, -0.2) is 9.97 Å².